The molecule has 1 aliphatic carbocycles. The average molecular weight is 356 g/mol. The first kappa shape index (κ1) is 17.0. The van der Waals surface area contributed by atoms with E-state index in [2.05, 4.69) is 58.8 Å². The molecule has 4 heteroatoms. The molecule has 0 aromatic carbocycles. The number of hydrogen-bond acceptors (Lipinski definition) is 2. The smallest absolute Gasteiger partial charge is 0.0635 e. The van der Waals surface area contributed by atoms with Crippen molar-refractivity contribution in [3.05, 3.63) is 16.4 Å². The molecule has 0 radical (unpaired) electrons. The summed E-state index contributed by atoms with van der Waals surface area (Å²) in [6.07, 6.45) is 7.17. The van der Waals surface area contributed by atoms with Crippen LogP contribution < -0.4 is 5.32 Å². The van der Waals surface area contributed by atoms with Crippen LogP contribution in [0.25, 0.3) is 0 Å². The maximum atomic E-state index is 4.44. The van der Waals surface area contributed by atoms with E-state index in [0.717, 1.165) is 30.8 Å². The van der Waals surface area contributed by atoms with E-state index < -0.39 is 0 Å². The molecule has 1 aromatic rings. The fraction of sp³-hybridized carbons (Fsp3) is 0.824. The topological polar surface area (TPSA) is 29.9 Å². The van der Waals surface area contributed by atoms with Crippen molar-refractivity contribution in [2.24, 2.45) is 24.8 Å². The normalized spacial score (nSPS) is 26.5. The summed E-state index contributed by atoms with van der Waals surface area (Å²) in [5.74, 6) is 2.99. The summed E-state index contributed by atoms with van der Waals surface area (Å²) in [4.78, 5) is 0. The van der Waals surface area contributed by atoms with Crippen LogP contribution >= 0.6 is 15.9 Å². The fourth-order valence-corrected chi connectivity index (χ4v) is 4.39. The second kappa shape index (κ2) is 7.77. The zero-order chi connectivity index (χ0) is 15.4. The third-order valence-electron chi connectivity index (χ3n) is 5.10. The van der Waals surface area contributed by atoms with E-state index in [-0.39, 0.29) is 0 Å². The van der Waals surface area contributed by atoms with Crippen LogP contribution in [-0.2, 0) is 7.05 Å². The number of rotatable bonds is 6. The Morgan fingerprint density at radius 2 is 2.19 bits per heavy atom. The van der Waals surface area contributed by atoms with E-state index in [4.69, 9.17) is 0 Å². The molecule has 1 N–H and O–H groups in total. The Morgan fingerprint density at radius 3 is 2.76 bits per heavy atom. The Hall–Kier alpha value is -0.350. The lowest BCUT2D eigenvalue weighted by molar-refractivity contribution is 0.185. The quantitative estimate of drug-likeness (QED) is 0.769. The maximum Gasteiger partial charge on any atom is 0.0635 e. The summed E-state index contributed by atoms with van der Waals surface area (Å²) in [5, 5.41) is 8.08. The van der Waals surface area contributed by atoms with Gasteiger partial charge in [-0.05, 0) is 72.5 Å². The number of aryl methyl sites for hydroxylation is 1. The van der Waals surface area contributed by atoms with Gasteiger partial charge in [-0.1, -0.05) is 20.8 Å². The van der Waals surface area contributed by atoms with E-state index >= 15 is 0 Å². The number of aromatic nitrogens is 2. The molecule has 0 spiro atoms. The van der Waals surface area contributed by atoms with Crippen LogP contribution in [0.5, 0.6) is 0 Å². The second-order valence-corrected chi connectivity index (χ2v) is 7.74. The van der Waals surface area contributed by atoms with Gasteiger partial charge < -0.3 is 5.32 Å². The summed E-state index contributed by atoms with van der Waals surface area (Å²) in [7, 11) is 2.08. The number of hydrogen-bond donors (Lipinski definition) is 1. The van der Waals surface area contributed by atoms with Crippen molar-refractivity contribution in [1.82, 2.24) is 15.1 Å². The van der Waals surface area contributed by atoms with E-state index in [1.807, 2.05) is 6.20 Å². The number of halogens is 1. The van der Waals surface area contributed by atoms with Gasteiger partial charge in [-0.3, -0.25) is 4.68 Å². The van der Waals surface area contributed by atoms with Crippen LogP contribution in [0.1, 0.15) is 58.1 Å². The van der Waals surface area contributed by atoms with E-state index in [9.17, 15) is 0 Å². The van der Waals surface area contributed by atoms with Crippen LogP contribution in [0.2, 0.25) is 0 Å². The fourth-order valence-electron chi connectivity index (χ4n) is 3.75. The van der Waals surface area contributed by atoms with Crippen LogP contribution in [0.15, 0.2) is 10.7 Å². The first-order chi connectivity index (χ1) is 10.0. The predicted octanol–water partition coefficient (Wildman–Crippen LogP) is 4.34. The van der Waals surface area contributed by atoms with Gasteiger partial charge in [-0.25, -0.2) is 0 Å². The van der Waals surface area contributed by atoms with Crippen molar-refractivity contribution in [1.29, 1.82) is 0 Å². The second-order valence-electron chi connectivity index (χ2n) is 6.89. The molecular weight excluding hydrogens is 326 g/mol. The first-order valence-corrected chi connectivity index (χ1v) is 9.22. The van der Waals surface area contributed by atoms with E-state index in [1.54, 1.807) is 0 Å². The molecule has 3 unspecified atom stereocenters. The molecule has 0 saturated heterocycles. The lowest BCUT2D eigenvalue weighted by Crippen LogP contribution is -2.34. The van der Waals surface area contributed by atoms with Gasteiger partial charge in [0.05, 0.1) is 16.4 Å². The lowest BCUT2D eigenvalue weighted by atomic mass is 9.69. The van der Waals surface area contributed by atoms with Crippen molar-refractivity contribution in [3.63, 3.8) is 0 Å². The van der Waals surface area contributed by atoms with Gasteiger partial charge in [-0.15, -0.1) is 0 Å². The molecule has 120 valence electrons. The lowest BCUT2D eigenvalue weighted by Gasteiger charge is -2.38. The Balaban J connectivity index is 2.16. The molecule has 0 amide bonds. The molecule has 0 bridgehead atoms. The minimum absolute atomic E-state index is 0.623. The van der Waals surface area contributed by atoms with Gasteiger partial charge in [-0.2, -0.15) is 5.10 Å². The predicted molar refractivity (Wildman–Crippen MR) is 92.5 cm³/mol. The molecule has 1 saturated carbocycles. The van der Waals surface area contributed by atoms with Crippen LogP contribution in [0.3, 0.4) is 0 Å². The van der Waals surface area contributed by atoms with Crippen LogP contribution in [0, 0.1) is 17.8 Å². The Labute approximate surface area is 138 Å². The third kappa shape index (κ3) is 4.10. The van der Waals surface area contributed by atoms with Gasteiger partial charge in [0, 0.05) is 13.0 Å². The van der Waals surface area contributed by atoms with Crippen molar-refractivity contribution in [2.45, 2.75) is 52.4 Å². The Bertz CT molecular complexity index is 422. The zero-order valence-corrected chi connectivity index (χ0v) is 15.5. The Kier molecular flexibility index (Phi) is 6.30. The highest BCUT2D eigenvalue weighted by Gasteiger charge is 2.35. The maximum absolute atomic E-state index is 4.44. The van der Waals surface area contributed by atoms with Crippen molar-refractivity contribution in [3.8, 4) is 0 Å². The first-order valence-electron chi connectivity index (χ1n) is 8.42. The van der Waals surface area contributed by atoms with Crippen molar-refractivity contribution >= 4 is 15.9 Å². The molecule has 1 fully saturated rings. The van der Waals surface area contributed by atoms with Gasteiger partial charge in [0.15, 0.2) is 0 Å². The molecular formula is C17H30BrN3. The SMILES string of the molecule is CCCNCC1CCC(C(C)C)CC1c1c(Br)cnn1C. The van der Waals surface area contributed by atoms with Gasteiger partial charge in [0.2, 0.25) is 0 Å². The van der Waals surface area contributed by atoms with E-state index in [1.165, 1.54) is 35.8 Å². The molecule has 3 atom stereocenters. The van der Waals surface area contributed by atoms with Crippen LogP contribution in [-0.4, -0.2) is 22.9 Å². The Morgan fingerprint density at radius 1 is 1.43 bits per heavy atom. The number of nitrogens with zero attached hydrogens (tertiary/aromatic N) is 2. The molecule has 21 heavy (non-hydrogen) atoms. The summed E-state index contributed by atoms with van der Waals surface area (Å²) in [5.41, 5.74) is 1.39. The summed E-state index contributed by atoms with van der Waals surface area (Å²) < 4.78 is 3.25. The minimum Gasteiger partial charge on any atom is -0.316 e. The van der Waals surface area contributed by atoms with Crippen molar-refractivity contribution in [2.75, 3.05) is 13.1 Å². The van der Waals surface area contributed by atoms with Crippen molar-refractivity contribution < 1.29 is 0 Å². The molecule has 1 aromatic heterocycles. The van der Waals surface area contributed by atoms with Gasteiger partial charge >= 0.3 is 0 Å². The van der Waals surface area contributed by atoms with E-state index in [0.29, 0.717) is 5.92 Å². The monoisotopic (exact) mass is 355 g/mol. The van der Waals surface area contributed by atoms with Gasteiger partial charge in [0.1, 0.15) is 0 Å². The molecule has 1 heterocycles. The van der Waals surface area contributed by atoms with Gasteiger partial charge in [0.25, 0.3) is 0 Å². The molecule has 3 nitrogen and oxygen atoms in total. The molecule has 1 aliphatic rings. The highest BCUT2D eigenvalue weighted by Crippen LogP contribution is 2.44. The zero-order valence-electron chi connectivity index (χ0n) is 13.9. The summed E-state index contributed by atoms with van der Waals surface area (Å²) in [6, 6.07) is 0. The largest absolute Gasteiger partial charge is 0.316 e. The highest BCUT2D eigenvalue weighted by atomic mass is 79.9. The van der Waals surface area contributed by atoms with Crippen LogP contribution in [0.4, 0.5) is 0 Å². The minimum atomic E-state index is 0.623. The molecule has 2 rings (SSSR count). The summed E-state index contributed by atoms with van der Waals surface area (Å²) >= 11 is 3.72. The average Bonchev–Trinajstić information content (AvgIpc) is 2.78. The number of nitrogens with one attached hydrogen (secondary N) is 1. The highest BCUT2D eigenvalue weighted by molar-refractivity contribution is 9.10. The standard InChI is InChI=1S/C17H30BrN3/c1-5-8-19-10-14-7-6-13(12(2)3)9-15(14)17-16(18)11-20-21(17)4/h11-15,19H,5-10H2,1-4H3. The summed E-state index contributed by atoms with van der Waals surface area (Å²) in [6.45, 7) is 9.24. The third-order valence-corrected chi connectivity index (χ3v) is 5.71. The molecule has 0 aliphatic heterocycles.